The van der Waals surface area contributed by atoms with Crippen LogP contribution in [0.1, 0.15) is 0 Å². The molecule has 7 nitrogen and oxygen atoms in total. The molecule has 1 aliphatic heterocycles. The first kappa shape index (κ1) is 22.9. The molecule has 35 heavy (non-hydrogen) atoms. The molecule has 1 N–H and O–H groups in total. The third kappa shape index (κ3) is 5.44. The van der Waals surface area contributed by atoms with Gasteiger partial charge in [-0.3, -0.25) is 4.79 Å². The summed E-state index contributed by atoms with van der Waals surface area (Å²) in [4.78, 5) is 21.8. The van der Waals surface area contributed by atoms with E-state index in [1.54, 1.807) is 12.1 Å². The summed E-state index contributed by atoms with van der Waals surface area (Å²) >= 11 is 1.32. The Morgan fingerprint density at radius 3 is 2.00 bits per heavy atom. The van der Waals surface area contributed by atoms with Crippen molar-refractivity contribution in [1.82, 2.24) is 20.1 Å². The van der Waals surface area contributed by atoms with Crippen molar-refractivity contribution in [3.05, 3.63) is 84.9 Å². The van der Waals surface area contributed by atoms with Crippen molar-refractivity contribution >= 4 is 23.4 Å². The fraction of sp³-hybridized carbons (Fsp3) is 0.185. The smallest absolute Gasteiger partial charge is 0.233 e. The standard InChI is InChI=1S/C27H25N5O2S/c33-23-13-11-22(12-14-23)31-15-17-32(18-16-31)24(34)19-35-27-28-25(20-7-3-1-4-8-20)26(29-30-27)21-9-5-2-6-10-21/h1-14,33H,15-19H2. The van der Waals surface area contributed by atoms with Crippen LogP contribution in [0.3, 0.4) is 0 Å². The van der Waals surface area contributed by atoms with Gasteiger partial charge in [0.05, 0.1) is 5.75 Å². The molecule has 0 atom stereocenters. The Labute approximate surface area is 208 Å². The zero-order valence-corrected chi connectivity index (χ0v) is 19.9. The molecule has 1 aliphatic rings. The van der Waals surface area contributed by atoms with Gasteiger partial charge in [-0.2, -0.15) is 0 Å². The van der Waals surface area contributed by atoms with Crippen molar-refractivity contribution in [1.29, 1.82) is 0 Å². The molecule has 176 valence electrons. The van der Waals surface area contributed by atoms with Gasteiger partial charge in [0.25, 0.3) is 0 Å². The number of carbonyl (C=O) groups excluding carboxylic acids is 1. The average molecular weight is 484 g/mol. The van der Waals surface area contributed by atoms with Crippen LogP contribution in [0.4, 0.5) is 5.69 Å². The largest absolute Gasteiger partial charge is 0.508 e. The second-order valence-corrected chi connectivity index (χ2v) is 9.14. The van der Waals surface area contributed by atoms with Gasteiger partial charge in [-0.15, -0.1) is 10.2 Å². The molecule has 1 fully saturated rings. The number of aromatic nitrogens is 3. The second kappa shape index (κ2) is 10.6. The van der Waals surface area contributed by atoms with Gasteiger partial charge < -0.3 is 14.9 Å². The number of benzene rings is 3. The number of carbonyl (C=O) groups is 1. The first-order chi connectivity index (χ1) is 17.2. The first-order valence-electron chi connectivity index (χ1n) is 11.5. The zero-order valence-electron chi connectivity index (χ0n) is 19.1. The summed E-state index contributed by atoms with van der Waals surface area (Å²) in [5, 5.41) is 18.8. The quantitative estimate of drug-likeness (QED) is 0.408. The van der Waals surface area contributed by atoms with E-state index < -0.39 is 0 Å². The molecule has 0 aliphatic carbocycles. The van der Waals surface area contributed by atoms with E-state index in [4.69, 9.17) is 4.98 Å². The Hall–Kier alpha value is -3.91. The van der Waals surface area contributed by atoms with Gasteiger partial charge in [-0.1, -0.05) is 72.4 Å². The molecule has 5 rings (SSSR count). The number of hydrogen-bond donors (Lipinski definition) is 1. The van der Waals surface area contributed by atoms with Gasteiger partial charge in [0, 0.05) is 43.0 Å². The van der Waals surface area contributed by atoms with Gasteiger partial charge in [0.15, 0.2) is 0 Å². The Morgan fingerprint density at radius 2 is 1.37 bits per heavy atom. The van der Waals surface area contributed by atoms with E-state index in [1.807, 2.05) is 77.7 Å². The fourth-order valence-electron chi connectivity index (χ4n) is 4.06. The van der Waals surface area contributed by atoms with Crippen molar-refractivity contribution in [3.63, 3.8) is 0 Å². The lowest BCUT2D eigenvalue weighted by molar-refractivity contribution is -0.128. The summed E-state index contributed by atoms with van der Waals surface area (Å²) < 4.78 is 0. The molecule has 1 aromatic heterocycles. The number of anilines is 1. The van der Waals surface area contributed by atoms with E-state index in [-0.39, 0.29) is 17.4 Å². The summed E-state index contributed by atoms with van der Waals surface area (Å²) in [7, 11) is 0. The molecule has 0 spiro atoms. The van der Waals surface area contributed by atoms with E-state index in [1.165, 1.54) is 11.8 Å². The lowest BCUT2D eigenvalue weighted by Gasteiger charge is -2.36. The van der Waals surface area contributed by atoms with Crippen LogP contribution in [-0.2, 0) is 4.79 Å². The number of thioether (sulfide) groups is 1. The summed E-state index contributed by atoms with van der Waals surface area (Å²) in [5.41, 5.74) is 4.43. The highest BCUT2D eigenvalue weighted by atomic mass is 32.2. The van der Waals surface area contributed by atoms with Gasteiger partial charge in [0.1, 0.15) is 17.1 Å². The van der Waals surface area contributed by atoms with E-state index in [0.29, 0.717) is 18.2 Å². The van der Waals surface area contributed by atoms with Crippen LogP contribution in [0.2, 0.25) is 0 Å². The normalized spacial score (nSPS) is 13.6. The summed E-state index contributed by atoms with van der Waals surface area (Å²) in [5.74, 6) is 0.584. The number of aromatic hydroxyl groups is 1. The number of piperazine rings is 1. The van der Waals surface area contributed by atoms with Crippen molar-refractivity contribution in [2.24, 2.45) is 0 Å². The maximum Gasteiger partial charge on any atom is 0.233 e. The Kier molecular flexibility index (Phi) is 6.90. The summed E-state index contributed by atoms with van der Waals surface area (Å²) in [6.07, 6.45) is 0. The van der Waals surface area contributed by atoms with E-state index in [2.05, 4.69) is 15.1 Å². The maximum atomic E-state index is 12.9. The average Bonchev–Trinajstić information content (AvgIpc) is 2.93. The summed E-state index contributed by atoms with van der Waals surface area (Å²) in [6.45, 7) is 2.81. The molecule has 1 amide bonds. The Morgan fingerprint density at radius 1 is 0.771 bits per heavy atom. The number of amides is 1. The minimum Gasteiger partial charge on any atom is -0.508 e. The van der Waals surface area contributed by atoms with Gasteiger partial charge >= 0.3 is 0 Å². The molecule has 0 unspecified atom stereocenters. The summed E-state index contributed by atoms with van der Waals surface area (Å²) in [6, 6.07) is 27.0. The van der Waals surface area contributed by atoms with E-state index in [9.17, 15) is 9.90 Å². The molecule has 0 radical (unpaired) electrons. The lowest BCUT2D eigenvalue weighted by Crippen LogP contribution is -2.49. The monoisotopic (exact) mass is 483 g/mol. The van der Waals surface area contributed by atoms with Crippen molar-refractivity contribution in [2.45, 2.75) is 5.16 Å². The van der Waals surface area contributed by atoms with Crippen LogP contribution >= 0.6 is 11.8 Å². The molecule has 1 saturated heterocycles. The highest BCUT2D eigenvalue weighted by Gasteiger charge is 2.22. The topological polar surface area (TPSA) is 82.5 Å². The molecule has 0 saturated carbocycles. The Balaban J connectivity index is 1.25. The maximum absolute atomic E-state index is 12.9. The van der Waals surface area contributed by atoms with Crippen molar-refractivity contribution < 1.29 is 9.90 Å². The number of phenols is 1. The third-order valence-electron chi connectivity index (χ3n) is 5.93. The van der Waals surface area contributed by atoms with Crippen molar-refractivity contribution in [3.8, 4) is 28.3 Å². The predicted molar refractivity (Wildman–Crippen MR) is 138 cm³/mol. The second-order valence-electron chi connectivity index (χ2n) is 8.20. The first-order valence-corrected chi connectivity index (χ1v) is 12.5. The molecule has 8 heteroatoms. The molecular formula is C27H25N5O2S. The van der Waals surface area contributed by atoms with Crippen LogP contribution in [-0.4, -0.2) is 63.0 Å². The van der Waals surface area contributed by atoms with E-state index >= 15 is 0 Å². The number of hydrogen-bond acceptors (Lipinski definition) is 7. The number of nitrogens with zero attached hydrogens (tertiary/aromatic N) is 5. The molecule has 2 heterocycles. The minimum atomic E-state index is 0.0670. The highest BCUT2D eigenvalue weighted by molar-refractivity contribution is 7.99. The van der Waals surface area contributed by atoms with E-state index in [0.717, 1.165) is 41.3 Å². The van der Waals surface area contributed by atoms with Gasteiger partial charge in [-0.25, -0.2) is 4.98 Å². The molecule has 4 aromatic rings. The third-order valence-corrected chi connectivity index (χ3v) is 6.76. The number of phenolic OH excluding ortho intramolecular Hbond substituents is 1. The zero-order chi connectivity index (χ0) is 24.0. The molecular weight excluding hydrogens is 458 g/mol. The minimum absolute atomic E-state index is 0.0670. The fourth-order valence-corrected chi connectivity index (χ4v) is 4.74. The van der Waals surface area contributed by atoms with Crippen LogP contribution in [0.15, 0.2) is 90.1 Å². The van der Waals surface area contributed by atoms with Gasteiger partial charge in [0.2, 0.25) is 11.1 Å². The SMILES string of the molecule is O=C(CSc1nnc(-c2ccccc2)c(-c2ccccc2)n1)N1CCN(c2ccc(O)cc2)CC1. The van der Waals surface area contributed by atoms with Gasteiger partial charge in [-0.05, 0) is 24.3 Å². The lowest BCUT2D eigenvalue weighted by atomic mass is 10.0. The highest BCUT2D eigenvalue weighted by Crippen LogP contribution is 2.29. The number of rotatable bonds is 6. The predicted octanol–water partition coefficient (Wildman–Crippen LogP) is 4.35. The Bertz CT molecular complexity index is 1280. The van der Waals surface area contributed by atoms with Crippen LogP contribution in [0.5, 0.6) is 5.75 Å². The van der Waals surface area contributed by atoms with Crippen molar-refractivity contribution in [2.75, 3.05) is 36.8 Å². The van der Waals surface area contributed by atoms with Crippen LogP contribution < -0.4 is 4.90 Å². The van der Waals surface area contributed by atoms with Crippen LogP contribution in [0, 0.1) is 0 Å². The molecule has 0 bridgehead atoms. The van der Waals surface area contributed by atoms with Crippen LogP contribution in [0.25, 0.3) is 22.5 Å². The molecule has 3 aromatic carbocycles.